The fourth-order valence-corrected chi connectivity index (χ4v) is 2.81. The standard InChI is InChI=1S/C19H21N3O4/c1-4-23-14-7-9-15(10-8-14)24-12(3)18-20-21-19(25-18)16-11(2)22-26-17(16)13-5-6-13/h7-10,12-13H,4-6H2,1-3H3. The van der Waals surface area contributed by atoms with Gasteiger partial charge in [0.1, 0.15) is 17.1 Å². The molecule has 1 atom stereocenters. The van der Waals surface area contributed by atoms with Crippen LogP contribution in [0.4, 0.5) is 0 Å². The molecule has 7 nitrogen and oxygen atoms in total. The number of aryl methyl sites for hydroxylation is 1. The summed E-state index contributed by atoms with van der Waals surface area (Å²) in [5.41, 5.74) is 1.58. The normalized spacial score (nSPS) is 15.0. The van der Waals surface area contributed by atoms with E-state index in [0.29, 0.717) is 30.1 Å². The molecule has 1 aromatic carbocycles. The van der Waals surface area contributed by atoms with Crippen LogP contribution in [0.5, 0.6) is 11.5 Å². The molecular formula is C19H21N3O4. The van der Waals surface area contributed by atoms with Crippen LogP contribution in [0.1, 0.15) is 56.1 Å². The van der Waals surface area contributed by atoms with E-state index < -0.39 is 0 Å². The second-order valence-electron chi connectivity index (χ2n) is 6.39. The zero-order valence-corrected chi connectivity index (χ0v) is 15.1. The lowest BCUT2D eigenvalue weighted by Gasteiger charge is -2.11. The van der Waals surface area contributed by atoms with Crippen molar-refractivity contribution in [2.24, 2.45) is 0 Å². The summed E-state index contributed by atoms with van der Waals surface area (Å²) in [5.74, 6) is 3.62. The van der Waals surface area contributed by atoms with Gasteiger partial charge < -0.3 is 18.4 Å². The Kier molecular flexibility index (Phi) is 4.36. The van der Waals surface area contributed by atoms with E-state index in [1.54, 1.807) is 0 Å². The van der Waals surface area contributed by atoms with Crippen molar-refractivity contribution in [3.8, 4) is 23.0 Å². The van der Waals surface area contributed by atoms with E-state index in [4.69, 9.17) is 18.4 Å². The Balaban J connectivity index is 1.50. The third-order valence-electron chi connectivity index (χ3n) is 4.29. The Morgan fingerprint density at radius 2 is 1.88 bits per heavy atom. The Morgan fingerprint density at radius 3 is 2.58 bits per heavy atom. The molecule has 2 aromatic heterocycles. The lowest BCUT2D eigenvalue weighted by atomic mass is 10.1. The van der Waals surface area contributed by atoms with E-state index >= 15 is 0 Å². The summed E-state index contributed by atoms with van der Waals surface area (Å²) in [4.78, 5) is 0. The molecule has 0 N–H and O–H groups in total. The van der Waals surface area contributed by atoms with Crippen LogP contribution in [0.15, 0.2) is 33.2 Å². The number of rotatable bonds is 7. The maximum absolute atomic E-state index is 5.89. The summed E-state index contributed by atoms with van der Waals surface area (Å²) in [6.45, 7) is 6.34. The second kappa shape index (κ2) is 6.82. The number of hydrogen-bond acceptors (Lipinski definition) is 7. The summed E-state index contributed by atoms with van der Waals surface area (Å²) in [5, 5.41) is 12.4. The van der Waals surface area contributed by atoms with E-state index in [-0.39, 0.29) is 6.10 Å². The molecule has 1 fully saturated rings. The van der Waals surface area contributed by atoms with Crippen molar-refractivity contribution in [3.05, 3.63) is 41.6 Å². The summed E-state index contributed by atoms with van der Waals surface area (Å²) >= 11 is 0. The predicted molar refractivity (Wildman–Crippen MR) is 93.2 cm³/mol. The molecule has 0 radical (unpaired) electrons. The molecule has 1 unspecified atom stereocenters. The van der Waals surface area contributed by atoms with Gasteiger partial charge in [0.15, 0.2) is 11.9 Å². The third-order valence-corrected chi connectivity index (χ3v) is 4.29. The first-order valence-electron chi connectivity index (χ1n) is 8.85. The number of ether oxygens (including phenoxy) is 2. The smallest absolute Gasteiger partial charge is 0.257 e. The van der Waals surface area contributed by atoms with Crippen LogP contribution >= 0.6 is 0 Å². The van der Waals surface area contributed by atoms with Crippen molar-refractivity contribution in [2.45, 2.75) is 45.6 Å². The van der Waals surface area contributed by atoms with Crippen LogP contribution in [-0.4, -0.2) is 22.0 Å². The SMILES string of the molecule is CCOc1ccc(OC(C)c2nnc(-c3c(C)noc3C3CC3)o2)cc1. The monoisotopic (exact) mass is 355 g/mol. The molecular weight excluding hydrogens is 334 g/mol. The Labute approximate surface area is 151 Å². The molecule has 0 aliphatic heterocycles. The molecule has 1 aliphatic rings. The summed E-state index contributed by atoms with van der Waals surface area (Å²) in [6.07, 6.45) is 1.85. The van der Waals surface area contributed by atoms with Crippen molar-refractivity contribution < 1.29 is 18.4 Å². The van der Waals surface area contributed by atoms with E-state index in [0.717, 1.165) is 35.6 Å². The van der Waals surface area contributed by atoms with Gasteiger partial charge in [-0.15, -0.1) is 10.2 Å². The van der Waals surface area contributed by atoms with E-state index in [1.807, 2.05) is 45.0 Å². The highest BCUT2D eigenvalue weighted by molar-refractivity contribution is 5.59. The number of hydrogen-bond donors (Lipinski definition) is 0. The average Bonchev–Trinajstić information content (AvgIpc) is 3.23. The van der Waals surface area contributed by atoms with Crippen molar-refractivity contribution >= 4 is 0 Å². The van der Waals surface area contributed by atoms with Crippen molar-refractivity contribution in [1.82, 2.24) is 15.4 Å². The molecule has 136 valence electrons. The molecule has 0 spiro atoms. The van der Waals surface area contributed by atoms with Crippen LogP contribution in [-0.2, 0) is 0 Å². The maximum atomic E-state index is 5.89. The molecule has 4 rings (SSSR count). The van der Waals surface area contributed by atoms with Crippen LogP contribution in [0, 0.1) is 6.92 Å². The minimum atomic E-state index is -0.376. The molecule has 7 heteroatoms. The van der Waals surface area contributed by atoms with Crippen LogP contribution in [0.3, 0.4) is 0 Å². The van der Waals surface area contributed by atoms with Crippen LogP contribution in [0.25, 0.3) is 11.5 Å². The van der Waals surface area contributed by atoms with Gasteiger partial charge in [-0.05, 0) is 57.9 Å². The summed E-state index contributed by atoms with van der Waals surface area (Å²) < 4.78 is 22.6. The van der Waals surface area contributed by atoms with Crippen LogP contribution < -0.4 is 9.47 Å². The highest BCUT2D eigenvalue weighted by atomic mass is 16.5. The summed E-state index contributed by atoms with van der Waals surface area (Å²) in [6, 6.07) is 7.45. The predicted octanol–water partition coefficient (Wildman–Crippen LogP) is 4.45. The Hall–Kier alpha value is -2.83. The lowest BCUT2D eigenvalue weighted by Crippen LogP contribution is -2.03. The van der Waals surface area contributed by atoms with Crippen molar-refractivity contribution in [3.63, 3.8) is 0 Å². The van der Waals surface area contributed by atoms with E-state index in [9.17, 15) is 0 Å². The molecule has 0 amide bonds. The molecule has 0 bridgehead atoms. The molecule has 1 aliphatic carbocycles. The maximum Gasteiger partial charge on any atom is 0.257 e. The first-order chi connectivity index (χ1) is 12.7. The summed E-state index contributed by atoms with van der Waals surface area (Å²) in [7, 11) is 0. The van der Waals surface area contributed by atoms with Gasteiger partial charge in [-0.25, -0.2) is 0 Å². The highest BCUT2D eigenvalue weighted by Crippen LogP contribution is 2.45. The second-order valence-corrected chi connectivity index (χ2v) is 6.39. The minimum Gasteiger partial charge on any atom is -0.494 e. The van der Waals surface area contributed by atoms with Crippen LogP contribution in [0.2, 0.25) is 0 Å². The van der Waals surface area contributed by atoms with Gasteiger partial charge in [-0.2, -0.15) is 0 Å². The molecule has 26 heavy (non-hydrogen) atoms. The molecule has 3 aromatic rings. The number of nitrogens with zero attached hydrogens (tertiary/aromatic N) is 3. The molecule has 1 saturated carbocycles. The van der Waals surface area contributed by atoms with Crippen molar-refractivity contribution in [1.29, 1.82) is 0 Å². The van der Waals surface area contributed by atoms with Gasteiger partial charge in [0.25, 0.3) is 11.8 Å². The zero-order chi connectivity index (χ0) is 18.1. The van der Waals surface area contributed by atoms with E-state index in [2.05, 4.69) is 15.4 Å². The topological polar surface area (TPSA) is 83.4 Å². The average molecular weight is 355 g/mol. The minimum absolute atomic E-state index is 0.376. The highest BCUT2D eigenvalue weighted by Gasteiger charge is 2.34. The van der Waals surface area contributed by atoms with Gasteiger partial charge in [-0.3, -0.25) is 0 Å². The van der Waals surface area contributed by atoms with E-state index in [1.165, 1.54) is 0 Å². The molecule has 2 heterocycles. The first kappa shape index (κ1) is 16.6. The largest absolute Gasteiger partial charge is 0.494 e. The molecule has 0 saturated heterocycles. The first-order valence-corrected chi connectivity index (χ1v) is 8.85. The van der Waals surface area contributed by atoms with Gasteiger partial charge >= 0.3 is 0 Å². The quantitative estimate of drug-likeness (QED) is 0.619. The lowest BCUT2D eigenvalue weighted by molar-refractivity contribution is 0.189. The fourth-order valence-electron chi connectivity index (χ4n) is 2.81. The Morgan fingerprint density at radius 1 is 1.15 bits per heavy atom. The number of aromatic nitrogens is 3. The Bertz CT molecular complexity index is 881. The fraction of sp³-hybridized carbons (Fsp3) is 0.421. The van der Waals surface area contributed by atoms with Gasteiger partial charge in [0.05, 0.1) is 12.3 Å². The zero-order valence-electron chi connectivity index (χ0n) is 15.1. The van der Waals surface area contributed by atoms with Gasteiger partial charge in [0, 0.05) is 5.92 Å². The van der Waals surface area contributed by atoms with Gasteiger partial charge in [0.2, 0.25) is 0 Å². The van der Waals surface area contributed by atoms with Gasteiger partial charge in [-0.1, -0.05) is 5.16 Å². The number of benzene rings is 1. The third kappa shape index (κ3) is 3.29. The van der Waals surface area contributed by atoms with Crippen molar-refractivity contribution in [2.75, 3.05) is 6.61 Å².